The summed E-state index contributed by atoms with van der Waals surface area (Å²) in [5, 5.41) is 3.24. The number of hydrogen-bond acceptors (Lipinski definition) is 3. The fourth-order valence-electron chi connectivity index (χ4n) is 3.08. The average molecular weight is 387 g/mol. The van der Waals surface area contributed by atoms with Gasteiger partial charge in [0.15, 0.2) is 6.61 Å². The number of likely N-dealkylation sites (tertiary alicyclic amines) is 1. The van der Waals surface area contributed by atoms with Crippen molar-refractivity contribution in [3.63, 3.8) is 0 Å². The Morgan fingerprint density at radius 3 is 2.41 bits per heavy atom. The molecule has 0 aromatic heterocycles. The largest absolute Gasteiger partial charge is 0.483 e. The highest BCUT2D eigenvalue weighted by Crippen LogP contribution is 2.24. The van der Waals surface area contributed by atoms with Crippen LogP contribution in [0.1, 0.15) is 36.0 Å². The number of halogens is 1. The smallest absolute Gasteiger partial charge is 0.260 e. The van der Waals surface area contributed by atoms with Gasteiger partial charge in [-0.25, -0.2) is 0 Å². The van der Waals surface area contributed by atoms with Gasteiger partial charge in [0, 0.05) is 23.8 Å². The minimum absolute atomic E-state index is 0.0544. The number of hydrogen-bond donors (Lipinski definition) is 1. The third-order valence-electron chi connectivity index (χ3n) is 4.53. The van der Waals surface area contributed by atoms with E-state index in [4.69, 9.17) is 16.3 Å². The molecule has 0 bridgehead atoms. The molecule has 6 heteroatoms. The summed E-state index contributed by atoms with van der Waals surface area (Å²) in [7, 11) is 0. The van der Waals surface area contributed by atoms with Gasteiger partial charge in [0.25, 0.3) is 11.8 Å². The Labute approximate surface area is 164 Å². The van der Waals surface area contributed by atoms with Crippen LogP contribution in [-0.4, -0.2) is 36.4 Å². The number of amides is 2. The number of anilines is 1. The van der Waals surface area contributed by atoms with E-state index in [1.54, 1.807) is 30.3 Å². The number of nitrogens with zero attached hydrogens (tertiary/aromatic N) is 1. The second kappa shape index (κ2) is 9.42. The minimum atomic E-state index is -0.332. The summed E-state index contributed by atoms with van der Waals surface area (Å²) < 4.78 is 5.70. The van der Waals surface area contributed by atoms with Gasteiger partial charge in [-0.05, 0) is 43.2 Å². The fourth-order valence-corrected chi connectivity index (χ4v) is 3.25. The van der Waals surface area contributed by atoms with Crippen molar-refractivity contribution >= 4 is 29.1 Å². The summed E-state index contributed by atoms with van der Waals surface area (Å²) in [5.74, 6) is -0.0433. The molecule has 0 unspecified atom stereocenters. The average Bonchev–Trinajstić information content (AvgIpc) is 2.97. The lowest BCUT2D eigenvalue weighted by atomic mass is 10.2. The Morgan fingerprint density at radius 1 is 1.00 bits per heavy atom. The minimum Gasteiger partial charge on any atom is -0.483 e. The monoisotopic (exact) mass is 386 g/mol. The van der Waals surface area contributed by atoms with E-state index in [1.807, 2.05) is 23.1 Å². The van der Waals surface area contributed by atoms with Crippen LogP contribution >= 0.6 is 11.6 Å². The lowest BCUT2D eigenvalue weighted by molar-refractivity contribution is -0.133. The van der Waals surface area contributed by atoms with E-state index in [0.717, 1.165) is 38.8 Å². The molecule has 3 rings (SSSR count). The van der Waals surface area contributed by atoms with Crippen LogP contribution in [-0.2, 0) is 4.79 Å². The van der Waals surface area contributed by atoms with Crippen LogP contribution in [0, 0.1) is 0 Å². The molecule has 1 N–H and O–H groups in total. The molecule has 1 aliphatic heterocycles. The first-order chi connectivity index (χ1) is 13.1. The molecule has 0 saturated carbocycles. The third-order valence-corrected chi connectivity index (χ3v) is 4.76. The molecule has 0 atom stereocenters. The molecule has 0 radical (unpaired) electrons. The van der Waals surface area contributed by atoms with E-state index in [0.29, 0.717) is 22.0 Å². The predicted molar refractivity (Wildman–Crippen MR) is 106 cm³/mol. The van der Waals surface area contributed by atoms with Gasteiger partial charge < -0.3 is 15.0 Å². The Morgan fingerprint density at radius 2 is 1.70 bits per heavy atom. The van der Waals surface area contributed by atoms with Gasteiger partial charge in [-0.2, -0.15) is 0 Å². The van der Waals surface area contributed by atoms with Crippen molar-refractivity contribution in [1.29, 1.82) is 0 Å². The van der Waals surface area contributed by atoms with Crippen LogP contribution in [0.3, 0.4) is 0 Å². The molecular weight excluding hydrogens is 364 g/mol. The summed E-state index contributed by atoms with van der Waals surface area (Å²) in [5.41, 5.74) is 0.976. The Balaban J connectivity index is 1.68. The van der Waals surface area contributed by atoms with Crippen LogP contribution in [0.25, 0.3) is 0 Å². The van der Waals surface area contributed by atoms with Crippen molar-refractivity contribution in [2.75, 3.05) is 25.0 Å². The maximum Gasteiger partial charge on any atom is 0.260 e. The van der Waals surface area contributed by atoms with E-state index in [-0.39, 0.29) is 18.4 Å². The van der Waals surface area contributed by atoms with Crippen LogP contribution in [0.15, 0.2) is 48.5 Å². The second-order valence-corrected chi connectivity index (χ2v) is 6.98. The van der Waals surface area contributed by atoms with Gasteiger partial charge in [0.2, 0.25) is 0 Å². The van der Waals surface area contributed by atoms with E-state index >= 15 is 0 Å². The van der Waals surface area contributed by atoms with E-state index < -0.39 is 0 Å². The van der Waals surface area contributed by atoms with Gasteiger partial charge in [-0.3, -0.25) is 9.59 Å². The molecule has 1 fully saturated rings. The zero-order valence-electron chi connectivity index (χ0n) is 15.1. The van der Waals surface area contributed by atoms with Crippen LogP contribution in [0.4, 0.5) is 5.69 Å². The van der Waals surface area contributed by atoms with Crippen LogP contribution in [0.2, 0.25) is 5.02 Å². The molecule has 0 aliphatic carbocycles. The molecule has 1 saturated heterocycles. The number of ether oxygens (including phenoxy) is 1. The van der Waals surface area contributed by atoms with Crippen molar-refractivity contribution in [2.45, 2.75) is 25.7 Å². The Hall–Kier alpha value is -2.53. The number of rotatable bonds is 5. The summed E-state index contributed by atoms with van der Waals surface area (Å²) in [6, 6.07) is 14.0. The highest BCUT2D eigenvalue weighted by molar-refractivity contribution is 6.31. The first kappa shape index (κ1) is 19.2. The first-order valence-corrected chi connectivity index (χ1v) is 9.58. The summed E-state index contributed by atoms with van der Waals surface area (Å²) in [6.45, 7) is 1.45. The van der Waals surface area contributed by atoms with E-state index in [2.05, 4.69) is 5.32 Å². The van der Waals surface area contributed by atoms with Gasteiger partial charge in [0.05, 0.1) is 5.56 Å². The zero-order chi connectivity index (χ0) is 19.1. The molecule has 2 aromatic rings. The molecule has 142 valence electrons. The molecular formula is C21H23ClN2O3. The molecule has 1 aliphatic rings. The van der Waals surface area contributed by atoms with Crippen molar-refractivity contribution in [2.24, 2.45) is 0 Å². The van der Waals surface area contributed by atoms with Gasteiger partial charge >= 0.3 is 0 Å². The normalized spacial score (nSPS) is 14.3. The lowest BCUT2D eigenvalue weighted by Crippen LogP contribution is -2.35. The third kappa shape index (κ3) is 5.47. The standard InChI is InChI=1S/C21H23ClN2O3/c22-16-10-11-19(27-15-20(25)24-12-6-1-2-7-13-24)18(14-16)21(26)23-17-8-4-3-5-9-17/h3-5,8-11,14H,1-2,6-7,12-13,15H2,(H,23,26). The van der Waals surface area contributed by atoms with Crippen LogP contribution in [0.5, 0.6) is 5.75 Å². The first-order valence-electron chi connectivity index (χ1n) is 9.20. The molecule has 2 aromatic carbocycles. The Bertz CT molecular complexity index is 787. The number of carbonyl (C=O) groups is 2. The van der Waals surface area contributed by atoms with Crippen molar-refractivity contribution in [1.82, 2.24) is 4.90 Å². The second-order valence-electron chi connectivity index (χ2n) is 6.54. The molecule has 27 heavy (non-hydrogen) atoms. The summed E-state index contributed by atoms with van der Waals surface area (Å²) in [6.07, 6.45) is 4.37. The topological polar surface area (TPSA) is 58.6 Å². The van der Waals surface area contributed by atoms with E-state index in [9.17, 15) is 9.59 Å². The summed E-state index contributed by atoms with van der Waals surface area (Å²) >= 11 is 6.06. The quantitative estimate of drug-likeness (QED) is 0.829. The van der Waals surface area contributed by atoms with Crippen molar-refractivity contribution in [3.05, 3.63) is 59.1 Å². The van der Waals surface area contributed by atoms with Gasteiger partial charge in [0.1, 0.15) is 5.75 Å². The van der Waals surface area contributed by atoms with Crippen molar-refractivity contribution in [3.8, 4) is 5.75 Å². The fraction of sp³-hybridized carbons (Fsp3) is 0.333. The van der Waals surface area contributed by atoms with E-state index in [1.165, 1.54) is 0 Å². The maximum absolute atomic E-state index is 12.6. The van der Waals surface area contributed by atoms with Gasteiger partial charge in [-0.15, -0.1) is 0 Å². The molecule has 1 heterocycles. The Kier molecular flexibility index (Phi) is 6.71. The predicted octanol–water partition coefficient (Wildman–Crippen LogP) is 4.37. The highest BCUT2D eigenvalue weighted by Gasteiger charge is 2.18. The highest BCUT2D eigenvalue weighted by atomic mass is 35.5. The molecule has 5 nitrogen and oxygen atoms in total. The molecule has 0 spiro atoms. The number of carbonyl (C=O) groups excluding carboxylic acids is 2. The summed E-state index contributed by atoms with van der Waals surface area (Å²) in [4.78, 5) is 26.9. The lowest BCUT2D eigenvalue weighted by Gasteiger charge is -2.20. The number of nitrogens with one attached hydrogen (secondary N) is 1. The maximum atomic E-state index is 12.6. The SMILES string of the molecule is O=C(Nc1ccccc1)c1cc(Cl)ccc1OCC(=O)N1CCCCCC1. The zero-order valence-corrected chi connectivity index (χ0v) is 15.9. The van der Waals surface area contributed by atoms with Crippen molar-refractivity contribution < 1.29 is 14.3 Å². The number of para-hydroxylation sites is 1. The van der Waals surface area contributed by atoms with Gasteiger partial charge in [-0.1, -0.05) is 42.6 Å². The molecule has 2 amide bonds. The van der Waals surface area contributed by atoms with Crippen LogP contribution < -0.4 is 10.1 Å². The number of benzene rings is 2.